The Morgan fingerprint density at radius 1 is 0.430 bits per heavy atom. The number of nitrogens with zero attached hydrogens (tertiary/aromatic N) is 6. The highest BCUT2D eigenvalue weighted by Crippen LogP contribution is 2.57. The van der Waals surface area contributed by atoms with Crippen molar-refractivity contribution in [3.8, 4) is 0 Å². The highest BCUT2D eigenvalue weighted by molar-refractivity contribution is 9.11. The Bertz CT molecular complexity index is 4490. The van der Waals surface area contributed by atoms with E-state index in [9.17, 15) is 20.2 Å². The van der Waals surface area contributed by atoms with Gasteiger partial charge in [-0.3, -0.25) is 20.2 Å². The molecule has 2 aliphatic carbocycles. The maximum Gasteiger partial charge on any atom is 0.290 e. The Morgan fingerprint density at radius 2 is 0.760 bits per heavy atom. The Kier molecular flexibility index (Phi) is 18.5. The van der Waals surface area contributed by atoms with Crippen LogP contribution in [0.5, 0.6) is 0 Å². The lowest BCUT2D eigenvalue weighted by Gasteiger charge is -2.35. The maximum atomic E-state index is 12.4. The molecular weight excluding hydrogens is 1410 g/mol. The van der Waals surface area contributed by atoms with E-state index in [1.165, 1.54) is 33.4 Å². The molecule has 0 radical (unpaired) electrons. The zero-order valence-electron chi connectivity index (χ0n) is 56.2. The van der Waals surface area contributed by atoms with Crippen molar-refractivity contribution in [2.45, 2.75) is 125 Å². The van der Waals surface area contributed by atoms with Crippen LogP contribution < -0.4 is 9.80 Å². The van der Waals surface area contributed by atoms with E-state index in [2.05, 4.69) is 271 Å². The Labute approximate surface area is 612 Å². The number of anilines is 2. The summed E-state index contributed by atoms with van der Waals surface area (Å²) in [4.78, 5) is 29.3. The molecule has 9 aromatic carbocycles. The predicted octanol–water partition coefficient (Wildman–Crippen LogP) is 22.0. The van der Waals surface area contributed by atoms with Gasteiger partial charge in [-0.2, -0.15) is 9.15 Å². The lowest BCUT2D eigenvalue weighted by molar-refractivity contribution is -0.406. The normalized spacial score (nSPS) is 18.5. The molecule has 0 amide bonds. The van der Waals surface area contributed by atoms with Gasteiger partial charge in [0.25, 0.3) is 11.4 Å². The van der Waals surface area contributed by atoms with Crippen LogP contribution in [0.4, 0.5) is 34.1 Å². The van der Waals surface area contributed by atoms with Crippen LogP contribution in [0.2, 0.25) is 10.0 Å². The topological polar surface area (TPSA) is 98.8 Å². The van der Waals surface area contributed by atoms with Crippen molar-refractivity contribution in [3.05, 3.63) is 349 Å². The SMILES string of the molecule is C[N+]1=C(/C=C/C=C2/N(Cc3ccc(CN4/C(=C/C=C/C5=[N+](C)c6cc([N+](=O)[O-])c(Br)cc6C56CCCCC6)C(Cc5ccccc5)(Cc5ccccc5)c5cc(Cl)ccc54)cc3)c3ccc(Cl)cc3C2(Cc2ccccc2)Cc2ccccc2)C2(CCCCC2)c2cc(Br)c([N+](=O)[O-])cc21. The molecule has 0 atom stereocenters. The first kappa shape index (κ1) is 67.1. The first-order valence-electron chi connectivity index (χ1n) is 34.9. The summed E-state index contributed by atoms with van der Waals surface area (Å²) in [6, 6.07) is 72.9. The molecule has 4 aliphatic heterocycles. The van der Waals surface area contributed by atoms with Gasteiger partial charge >= 0.3 is 0 Å². The molecule has 0 unspecified atom stereocenters. The Morgan fingerprint density at radius 3 is 1.08 bits per heavy atom. The minimum Gasteiger partial charge on any atom is -0.339 e. The highest BCUT2D eigenvalue weighted by Gasteiger charge is 2.54. The van der Waals surface area contributed by atoms with Gasteiger partial charge in [0.15, 0.2) is 11.4 Å². The number of benzene rings is 9. The molecule has 2 spiro atoms. The average Bonchev–Trinajstić information content (AvgIpc) is 1.63. The van der Waals surface area contributed by atoms with Gasteiger partial charge in [-0.25, -0.2) is 0 Å². The fourth-order valence-electron chi connectivity index (χ4n) is 18.2. The summed E-state index contributed by atoms with van der Waals surface area (Å²) in [5.41, 5.74) is 18.8. The second-order valence-corrected chi connectivity index (χ2v) is 30.9. The van der Waals surface area contributed by atoms with E-state index in [0.717, 1.165) is 132 Å². The van der Waals surface area contributed by atoms with Crippen molar-refractivity contribution in [1.82, 2.24) is 0 Å². The van der Waals surface area contributed by atoms with Crippen LogP contribution in [0.3, 0.4) is 0 Å². The Hall–Kier alpha value is -8.78. The van der Waals surface area contributed by atoms with Gasteiger partial charge in [0.2, 0.25) is 11.4 Å². The number of fused-ring (bicyclic) bond motifs is 6. The molecule has 14 heteroatoms. The maximum absolute atomic E-state index is 12.4. The molecule has 0 saturated heterocycles. The van der Waals surface area contributed by atoms with Gasteiger partial charge in [0, 0.05) is 80.0 Å². The van der Waals surface area contributed by atoms with Crippen molar-refractivity contribution in [1.29, 1.82) is 0 Å². The van der Waals surface area contributed by atoms with Crippen LogP contribution in [0, 0.1) is 20.2 Å². The van der Waals surface area contributed by atoms with E-state index in [4.69, 9.17) is 23.2 Å². The molecular formula is C86H78Br2Cl2N6O4+2. The van der Waals surface area contributed by atoms with Crippen LogP contribution >= 0.6 is 55.1 Å². The van der Waals surface area contributed by atoms with Crippen molar-refractivity contribution in [2.24, 2.45) is 0 Å². The van der Waals surface area contributed by atoms with Crippen LogP contribution in [-0.4, -0.2) is 44.5 Å². The molecule has 2 saturated carbocycles. The summed E-state index contributed by atoms with van der Waals surface area (Å²) in [6.45, 7) is 1.15. The second kappa shape index (κ2) is 27.6. The van der Waals surface area contributed by atoms with Crippen molar-refractivity contribution in [2.75, 3.05) is 23.9 Å². The molecule has 9 aromatic rings. The second-order valence-electron chi connectivity index (χ2n) is 28.3. The molecule has 10 nitrogen and oxygen atoms in total. The zero-order chi connectivity index (χ0) is 68.9. The highest BCUT2D eigenvalue weighted by atomic mass is 79.9. The van der Waals surface area contributed by atoms with E-state index in [-0.39, 0.29) is 32.1 Å². The summed E-state index contributed by atoms with van der Waals surface area (Å²) in [5.74, 6) is 0. The lowest BCUT2D eigenvalue weighted by Crippen LogP contribution is -2.36. The molecule has 2 fully saturated rings. The zero-order valence-corrected chi connectivity index (χ0v) is 60.9. The van der Waals surface area contributed by atoms with Crippen molar-refractivity contribution < 1.29 is 19.0 Å². The fourth-order valence-corrected chi connectivity index (χ4v) is 19.5. The number of halogens is 4. The first-order valence-corrected chi connectivity index (χ1v) is 37.3. The van der Waals surface area contributed by atoms with E-state index < -0.39 is 10.8 Å². The van der Waals surface area contributed by atoms with Crippen molar-refractivity contribution >= 4 is 101 Å². The first-order chi connectivity index (χ1) is 48.6. The van der Waals surface area contributed by atoms with Gasteiger partial charge in [-0.05, 0) is 188 Å². The molecule has 0 aromatic heterocycles. The fraction of sp³-hybridized carbons (Fsp3) is 0.256. The van der Waals surface area contributed by atoms with Gasteiger partial charge in [0.05, 0.1) is 41.8 Å². The summed E-state index contributed by atoms with van der Waals surface area (Å²) in [6.07, 6.45) is 27.1. The lowest BCUT2D eigenvalue weighted by atomic mass is 9.67. The predicted molar refractivity (Wildman–Crippen MR) is 413 cm³/mol. The molecule has 502 valence electrons. The summed E-state index contributed by atoms with van der Waals surface area (Å²) in [7, 11) is 4.14. The molecule has 15 rings (SSSR count). The van der Waals surface area contributed by atoms with E-state index in [0.29, 0.717) is 57.8 Å². The number of allylic oxidation sites excluding steroid dienone is 8. The Balaban J connectivity index is 0.843. The third-order valence-electron chi connectivity index (χ3n) is 22.6. The standard InChI is InChI=1S/C86H78Br2Cl2N6O4/c1-91-75-51-77(95(97)98)71(87)49-69(75)83(43-17-7-18-44-83)79(91)31-21-33-81-85(53-59-23-9-3-10-24-59,54-60-25-11-4-12-26-60)67-47-65(89)39-41-73(67)93(81)57-63-35-37-64(38-36-63)58-94-74-42-40-66(90)48-68(74)86(55-61-27-13-5-14-28-61,56-62-29-15-6-16-30-62)82(94)34-22-32-80-84(45-19-8-20-46-84)70-50-72(88)78(96(99)100)52-76(70)92(80)2/h3-6,9-16,21-42,47-52H,7-8,17-20,43-46,53-58H2,1-2H3/q+2. The smallest absolute Gasteiger partial charge is 0.290 e. The van der Waals surface area contributed by atoms with Crippen LogP contribution in [0.1, 0.15) is 120 Å². The third-order valence-corrected chi connectivity index (χ3v) is 24.3. The van der Waals surface area contributed by atoms with Gasteiger partial charge in [-0.1, -0.05) is 219 Å². The van der Waals surface area contributed by atoms with Crippen LogP contribution in [0.15, 0.2) is 263 Å². The number of rotatable bonds is 18. The minimum atomic E-state index is -0.573. The van der Waals surface area contributed by atoms with Crippen LogP contribution in [-0.2, 0) is 60.4 Å². The number of hydrogen-bond acceptors (Lipinski definition) is 6. The van der Waals surface area contributed by atoms with Gasteiger partial charge in [-0.15, -0.1) is 0 Å². The summed E-state index contributed by atoms with van der Waals surface area (Å²) >= 11 is 21.6. The van der Waals surface area contributed by atoms with Gasteiger partial charge < -0.3 is 9.80 Å². The molecule has 0 N–H and O–H groups in total. The number of nitro groups is 2. The third kappa shape index (κ3) is 12.1. The number of hydrogen-bond donors (Lipinski definition) is 0. The molecule has 6 aliphatic rings. The van der Waals surface area contributed by atoms with E-state index >= 15 is 0 Å². The largest absolute Gasteiger partial charge is 0.339 e. The van der Waals surface area contributed by atoms with Gasteiger partial charge in [0.1, 0.15) is 14.1 Å². The quantitative estimate of drug-likeness (QED) is 0.0482. The molecule has 100 heavy (non-hydrogen) atoms. The van der Waals surface area contributed by atoms with E-state index in [1.807, 2.05) is 24.3 Å². The average molecular weight is 1490 g/mol. The minimum absolute atomic E-state index is 0.0674. The monoisotopic (exact) mass is 1490 g/mol. The van der Waals surface area contributed by atoms with E-state index in [1.54, 1.807) is 12.1 Å². The number of nitro benzene ring substituents is 2. The summed E-state index contributed by atoms with van der Waals surface area (Å²) < 4.78 is 5.42. The molecule has 4 heterocycles. The van der Waals surface area contributed by atoms with Crippen molar-refractivity contribution in [3.63, 3.8) is 0 Å². The summed E-state index contributed by atoms with van der Waals surface area (Å²) in [5, 5.41) is 26.2. The van der Waals surface area contributed by atoms with Crippen LogP contribution in [0.25, 0.3) is 0 Å². The molecule has 0 bridgehead atoms.